The van der Waals surface area contributed by atoms with E-state index in [2.05, 4.69) is 27.4 Å². The number of nitrogens with two attached hydrogens (primary N) is 1. The van der Waals surface area contributed by atoms with Crippen molar-refractivity contribution in [3.63, 3.8) is 0 Å². The van der Waals surface area contributed by atoms with E-state index in [1.807, 2.05) is 21.6 Å². The Labute approximate surface area is 208 Å². The van der Waals surface area contributed by atoms with Crippen molar-refractivity contribution in [2.45, 2.75) is 25.9 Å². The van der Waals surface area contributed by atoms with E-state index in [0.717, 1.165) is 6.42 Å². The van der Waals surface area contributed by atoms with E-state index >= 15 is 0 Å². The van der Waals surface area contributed by atoms with Gasteiger partial charge in [0.2, 0.25) is 5.95 Å². The summed E-state index contributed by atoms with van der Waals surface area (Å²) in [4.78, 5) is 37.2. The average Bonchev–Trinajstić information content (AvgIpc) is 3.24. The van der Waals surface area contributed by atoms with Crippen LogP contribution in [0, 0.1) is 0 Å². The summed E-state index contributed by atoms with van der Waals surface area (Å²) < 4.78 is 7.03. The molecule has 9 nitrogen and oxygen atoms in total. The van der Waals surface area contributed by atoms with Crippen LogP contribution in [-0.4, -0.2) is 51.5 Å². The normalized spacial score (nSPS) is 13.0. The van der Waals surface area contributed by atoms with Gasteiger partial charge in [0.15, 0.2) is 5.65 Å². The first-order valence-corrected chi connectivity index (χ1v) is 11.9. The molecule has 3 heterocycles. The van der Waals surface area contributed by atoms with Crippen molar-refractivity contribution in [2.24, 2.45) is 0 Å². The summed E-state index contributed by atoms with van der Waals surface area (Å²) in [5.41, 5.74) is 10.8. The molecule has 0 saturated carbocycles. The number of aromatic nitrogens is 3. The second kappa shape index (κ2) is 10.2. The number of carbonyl (C=O) groups is 2. The molecule has 4 aromatic rings. The number of pyridine rings is 1. The van der Waals surface area contributed by atoms with E-state index in [0.29, 0.717) is 66.6 Å². The molecule has 1 aliphatic rings. The lowest BCUT2D eigenvalue weighted by Gasteiger charge is -2.28. The van der Waals surface area contributed by atoms with E-state index in [1.54, 1.807) is 43.6 Å². The molecule has 184 valence electrons. The molecule has 2 aromatic carbocycles. The third-order valence-corrected chi connectivity index (χ3v) is 6.35. The summed E-state index contributed by atoms with van der Waals surface area (Å²) in [5, 5.41) is 2.87. The highest BCUT2D eigenvalue weighted by Gasteiger charge is 2.23. The number of hydrogen-bond donors (Lipinski definition) is 2. The number of amides is 2. The minimum atomic E-state index is -0.325. The fourth-order valence-corrected chi connectivity index (χ4v) is 4.51. The molecule has 0 radical (unpaired) electrons. The Balaban J connectivity index is 1.43. The minimum Gasteiger partial charge on any atom is -0.399 e. The van der Waals surface area contributed by atoms with Gasteiger partial charge in [-0.2, -0.15) is 0 Å². The number of imidazole rings is 1. The third-order valence-electron chi connectivity index (χ3n) is 6.35. The maximum Gasteiger partial charge on any atom is 0.258 e. The van der Waals surface area contributed by atoms with Crippen LogP contribution in [0.1, 0.15) is 38.3 Å². The molecule has 0 fully saturated rings. The summed E-state index contributed by atoms with van der Waals surface area (Å²) in [5.74, 6) is -0.0513. The summed E-state index contributed by atoms with van der Waals surface area (Å²) in [6.07, 6.45) is 3.12. The summed E-state index contributed by atoms with van der Waals surface area (Å²) >= 11 is 0. The van der Waals surface area contributed by atoms with Crippen LogP contribution >= 0.6 is 0 Å². The molecule has 0 bridgehead atoms. The third kappa shape index (κ3) is 4.78. The highest BCUT2D eigenvalue weighted by atomic mass is 16.5. The maximum atomic E-state index is 13.3. The van der Waals surface area contributed by atoms with Gasteiger partial charge in [0.05, 0.1) is 5.56 Å². The van der Waals surface area contributed by atoms with Crippen molar-refractivity contribution in [3.05, 3.63) is 83.0 Å². The maximum absolute atomic E-state index is 13.3. The van der Waals surface area contributed by atoms with Crippen LogP contribution in [0.2, 0.25) is 0 Å². The number of aryl methyl sites for hydroxylation is 1. The SMILES string of the molecule is COCCCn1c(NC(=O)c2cccc(N)c2)nc2cc(C(=O)N3CCc4ccccc4C3)cnc21. The molecule has 36 heavy (non-hydrogen) atoms. The Hall–Kier alpha value is -4.24. The average molecular weight is 485 g/mol. The van der Waals surface area contributed by atoms with Crippen LogP contribution in [-0.2, 0) is 24.2 Å². The Morgan fingerprint density at radius 3 is 2.72 bits per heavy atom. The molecule has 0 unspecified atom stereocenters. The highest BCUT2D eigenvalue weighted by molar-refractivity contribution is 6.04. The van der Waals surface area contributed by atoms with Crippen molar-refractivity contribution >= 4 is 34.6 Å². The second-order valence-electron chi connectivity index (χ2n) is 8.83. The number of methoxy groups -OCH3 is 1. The van der Waals surface area contributed by atoms with Crippen LogP contribution in [0.3, 0.4) is 0 Å². The van der Waals surface area contributed by atoms with Gasteiger partial charge in [-0.1, -0.05) is 30.3 Å². The number of ether oxygens (including phenoxy) is 1. The first kappa shape index (κ1) is 23.5. The lowest BCUT2D eigenvalue weighted by Crippen LogP contribution is -2.36. The van der Waals surface area contributed by atoms with E-state index in [4.69, 9.17) is 10.5 Å². The number of nitrogens with zero attached hydrogens (tertiary/aromatic N) is 4. The van der Waals surface area contributed by atoms with Crippen LogP contribution in [0.5, 0.6) is 0 Å². The molecule has 2 amide bonds. The molecule has 3 N–H and O–H groups in total. The van der Waals surface area contributed by atoms with Gasteiger partial charge >= 0.3 is 0 Å². The number of anilines is 2. The van der Waals surface area contributed by atoms with Crippen molar-refractivity contribution in [1.82, 2.24) is 19.4 Å². The van der Waals surface area contributed by atoms with Gasteiger partial charge in [-0.25, -0.2) is 9.97 Å². The number of nitrogens with one attached hydrogen (secondary N) is 1. The Morgan fingerprint density at radius 2 is 1.92 bits per heavy atom. The lowest BCUT2D eigenvalue weighted by atomic mass is 9.99. The predicted octanol–water partition coefficient (Wildman–Crippen LogP) is 3.50. The first-order valence-electron chi connectivity index (χ1n) is 11.9. The Kier molecular flexibility index (Phi) is 6.64. The molecule has 2 aromatic heterocycles. The van der Waals surface area contributed by atoms with Crippen molar-refractivity contribution in [2.75, 3.05) is 31.3 Å². The van der Waals surface area contributed by atoms with E-state index in [9.17, 15) is 9.59 Å². The van der Waals surface area contributed by atoms with Gasteiger partial charge in [0.25, 0.3) is 11.8 Å². The van der Waals surface area contributed by atoms with E-state index < -0.39 is 0 Å². The number of rotatable bonds is 7. The highest BCUT2D eigenvalue weighted by Crippen LogP contribution is 2.24. The topological polar surface area (TPSA) is 115 Å². The standard InChI is InChI=1S/C27H28N6O3/c1-36-13-5-11-33-24-23(30-27(33)31-25(34)19-8-4-9-22(28)14-19)15-21(16-29-24)26(35)32-12-10-18-6-2-3-7-20(18)17-32/h2-4,6-9,14-16H,5,10-13,17,28H2,1H3,(H,30,31,34). The minimum absolute atomic E-state index is 0.0850. The molecule has 0 aliphatic carbocycles. The molecule has 5 rings (SSSR count). The zero-order valence-corrected chi connectivity index (χ0v) is 20.1. The van der Waals surface area contributed by atoms with Crippen LogP contribution in [0.4, 0.5) is 11.6 Å². The zero-order chi connectivity index (χ0) is 25.1. The van der Waals surface area contributed by atoms with Gasteiger partial charge in [-0.15, -0.1) is 0 Å². The van der Waals surface area contributed by atoms with Crippen LogP contribution in [0.25, 0.3) is 11.2 Å². The fourth-order valence-electron chi connectivity index (χ4n) is 4.51. The van der Waals surface area contributed by atoms with Gasteiger partial charge in [-0.3, -0.25) is 19.5 Å². The van der Waals surface area contributed by atoms with Crippen LogP contribution in [0.15, 0.2) is 60.8 Å². The monoisotopic (exact) mass is 484 g/mol. The molecule has 1 aliphatic heterocycles. The fraction of sp³-hybridized carbons (Fsp3) is 0.259. The van der Waals surface area contributed by atoms with Gasteiger partial charge in [0.1, 0.15) is 5.52 Å². The van der Waals surface area contributed by atoms with Gasteiger partial charge in [-0.05, 0) is 48.2 Å². The number of fused-ring (bicyclic) bond motifs is 2. The van der Waals surface area contributed by atoms with Gasteiger partial charge < -0.3 is 15.4 Å². The number of hydrogen-bond acceptors (Lipinski definition) is 6. The summed E-state index contributed by atoms with van der Waals surface area (Å²) in [6.45, 7) is 2.32. The number of benzene rings is 2. The smallest absolute Gasteiger partial charge is 0.258 e. The molecule has 0 saturated heterocycles. The Bertz CT molecular complexity index is 1430. The number of carbonyl (C=O) groups excluding carboxylic acids is 2. The Morgan fingerprint density at radius 1 is 1.08 bits per heavy atom. The van der Waals surface area contributed by atoms with E-state index in [1.165, 1.54) is 11.1 Å². The molecule has 0 atom stereocenters. The molecular weight excluding hydrogens is 456 g/mol. The molecule has 0 spiro atoms. The summed E-state index contributed by atoms with van der Waals surface area (Å²) in [6, 6.07) is 16.7. The predicted molar refractivity (Wildman–Crippen MR) is 138 cm³/mol. The second-order valence-corrected chi connectivity index (χ2v) is 8.83. The van der Waals surface area contributed by atoms with Crippen molar-refractivity contribution < 1.29 is 14.3 Å². The largest absolute Gasteiger partial charge is 0.399 e. The molecular formula is C27H28N6O3. The summed E-state index contributed by atoms with van der Waals surface area (Å²) in [7, 11) is 1.64. The van der Waals surface area contributed by atoms with Crippen molar-refractivity contribution in [1.29, 1.82) is 0 Å². The van der Waals surface area contributed by atoms with Gasteiger partial charge in [0, 0.05) is 50.8 Å². The first-order chi connectivity index (χ1) is 17.5. The van der Waals surface area contributed by atoms with Crippen molar-refractivity contribution in [3.8, 4) is 0 Å². The quantitative estimate of drug-likeness (QED) is 0.306. The molecule has 9 heteroatoms. The zero-order valence-electron chi connectivity index (χ0n) is 20.1. The van der Waals surface area contributed by atoms with E-state index in [-0.39, 0.29) is 11.8 Å². The number of nitrogen functional groups attached to an aromatic ring is 1. The lowest BCUT2D eigenvalue weighted by molar-refractivity contribution is 0.0734. The van der Waals surface area contributed by atoms with Crippen LogP contribution < -0.4 is 11.1 Å².